The predicted molar refractivity (Wildman–Crippen MR) is 47.0 cm³/mol. The maximum absolute atomic E-state index is 8.77. The van der Waals surface area contributed by atoms with E-state index in [0.717, 1.165) is 28.8 Å². The molecule has 0 bridgehead atoms. The summed E-state index contributed by atoms with van der Waals surface area (Å²) in [7, 11) is 0. The van der Waals surface area contributed by atoms with Gasteiger partial charge in [-0.15, -0.1) is 0 Å². The molecule has 1 aliphatic rings. The summed E-state index contributed by atoms with van der Waals surface area (Å²) in [6.07, 6.45) is 2.75. The van der Waals surface area contributed by atoms with Crippen molar-refractivity contribution in [2.45, 2.75) is 6.42 Å². The van der Waals surface area contributed by atoms with Gasteiger partial charge in [-0.3, -0.25) is 0 Å². The molecule has 1 aromatic rings. The van der Waals surface area contributed by atoms with E-state index in [9.17, 15) is 0 Å². The lowest BCUT2D eigenvalue weighted by Gasteiger charge is -2.01. The molecule has 2 N–H and O–H groups in total. The second-order valence-corrected chi connectivity index (χ2v) is 2.81. The van der Waals surface area contributed by atoms with Gasteiger partial charge in [-0.2, -0.15) is 5.26 Å². The highest BCUT2D eigenvalue weighted by Crippen LogP contribution is 2.25. The number of hydrogen-bond donors (Lipinski definition) is 1. The molecule has 58 valence electrons. The van der Waals surface area contributed by atoms with E-state index in [1.807, 2.05) is 24.3 Å². The van der Waals surface area contributed by atoms with E-state index in [1.54, 1.807) is 0 Å². The Morgan fingerprint density at radius 2 is 2.25 bits per heavy atom. The molecule has 0 saturated heterocycles. The molecule has 0 atom stereocenters. The van der Waals surface area contributed by atoms with Gasteiger partial charge < -0.3 is 5.73 Å². The smallest absolute Gasteiger partial charge is 0.0994 e. The number of nitriles is 1. The van der Waals surface area contributed by atoms with Crippen molar-refractivity contribution < 1.29 is 0 Å². The molecular weight excluding hydrogens is 148 g/mol. The molecule has 2 heteroatoms. The fourth-order valence-corrected chi connectivity index (χ4v) is 1.50. The van der Waals surface area contributed by atoms with Crippen molar-refractivity contribution in [1.29, 1.82) is 5.26 Å². The third-order valence-corrected chi connectivity index (χ3v) is 2.13. The Labute approximate surface area is 70.9 Å². The van der Waals surface area contributed by atoms with E-state index < -0.39 is 0 Å². The van der Waals surface area contributed by atoms with E-state index >= 15 is 0 Å². The molecule has 1 aliphatic carbocycles. The minimum Gasteiger partial charge on any atom is -0.398 e. The maximum atomic E-state index is 8.77. The van der Waals surface area contributed by atoms with Crippen LogP contribution < -0.4 is 5.73 Å². The van der Waals surface area contributed by atoms with Crippen molar-refractivity contribution in [3.8, 4) is 6.07 Å². The quantitative estimate of drug-likeness (QED) is 0.617. The molecule has 0 aromatic heterocycles. The highest BCUT2D eigenvalue weighted by molar-refractivity contribution is 5.72. The molecule has 0 amide bonds. The SMILES string of the molecule is N#Cc1cccc2c1CC=C2N. The van der Waals surface area contributed by atoms with Crippen molar-refractivity contribution >= 4 is 5.70 Å². The van der Waals surface area contributed by atoms with Gasteiger partial charge in [-0.1, -0.05) is 18.2 Å². The lowest BCUT2D eigenvalue weighted by Crippen LogP contribution is -1.94. The molecule has 0 saturated carbocycles. The van der Waals surface area contributed by atoms with Crippen LogP contribution in [0, 0.1) is 11.3 Å². The predicted octanol–water partition coefficient (Wildman–Crippen LogP) is 1.41. The minimum atomic E-state index is 0.740. The first kappa shape index (κ1) is 6.93. The summed E-state index contributed by atoms with van der Waals surface area (Å²) < 4.78 is 0. The van der Waals surface area contributed by atoms with Crippen LogP contribution in [-0.2, 0) is 6.42 Å². The van der Waals surface area contributed by atoms with Gasteiger partial charge in [-0.05, 0) is 18.1 Å². The number of fused-ring (bicyclic) bond motifs is 1. The Hall–Kier alpha value is -1.75. The van der Waals surface area contributed by atoms with Crippen LogP contribution >= 0.6 is 0 Å². The van der Waals surface area contributed by atoms with E-state index in [1.165, 1.54) is 0 Å². The number of hydrogen-bond acceptors (Lipinski definition) is 2. The van der Waals surface area contributed by atoms with Crippen molar-refractivity contribution in [2.75, 3.05) is 0 Å². The first-order valence-corrected chi connectivity index (χ1v) is 3.81. The first-order chi connectivity index (χ1) is 5.83. The van der Waals surface area contributed by atoms with Crippen LogP contribution in [0.3, 0.4) is 0 Å². The second kappa shape index (κ2) is 2.38. The monoisotopic (exact) mass is 156 g/mol. The zero-order valence-electron chi connectivity index (χ0n) is 6.54. The normalized spacial score (nSPS) is 13.4. The molecule has 2 nitrogen and oxygen atoms in total. The topological polar surface area (TPSA) is 49.8 Å². The summed E-state index contributed by atoms with van der Waals surface area (Å²) in [6.45, 7) is 0. The molecule has 0 unspecified atom stereocenters. The molecule has 0 spiro atoms. The van der Waals surface area contributed by atoms with Gasteiger partial charge in [0.2, 0.25) is 0 Å². The third kappa shape index (κ3) is 0.802. The van der Waals surface area contributed by atoms with Crippen molar-refractivity contribution in [3.05, 3.63) is 41.0 Å². The second-order valence-electron chi connectivity index (χ2n) is 2.81. The molecule has 0 aliphatic heterocycles. The highest BCUT2D eigenvalue weighted by atomic mass is 14.6. The summed E-state index contributed by atoms with van der Waals surface area (Å²) in [4.78, 5) is 0. The Kier molecular flexibility index (Phi) is 1.38. The van der Waals surface area contributed by atoms with Crippen LogP contribution in [0.25, 0.3) is 5.70 Å². The van der Waals surface area contributed by atoms with Crippen LogP contribution in [0.15, 0.2) is 24.3 Å². The first-order valence-electron chi connectivity index (χ1n) is 3.81. The number of benzene rings is 1. The lowest BCUT2D eigenvalue weighted by atomic mass is 10.0. The highest BCUT2D eigenvalue weighted by Gasteiger charge is 2.13. The summed E-state index contributed by atoms with van der Waals surface area (Å²) >= 11 is 0. The Balaban J connectivity index is 2.66. The zero-order chi connectivity index (χ0) is 8.55. The molecule has 0 radical (unpaired) electrons. The van der Waals surface area contributed by atoms with Gasteiger partial charge in [-0.25, -0.2) is 0 Å². The maximum Gasteiger partial charge on any atom is 0.0994 e. The molecule has 1 aromatic carbocycles. The van der Waals surface area contributed by atoms with Crippen LogP contribution in [-0.4, -0.2) is 0 Å². The van der Waals surface area contributed by atoms with Crippen molar-refractivity contribution in [2.24, 2.45) is 5.73 Å². The average Bonchev–Trinajstić information content (AvgIpc) is 2.48. The summed E-state index contributed by atoms with van der Waals surface area (Å²) in [5.74, 6) is 0. The number of nitrogens with zero attached hydrogens (tertiary/aromatic N) is 1. The molecular formula is C10H8N2. The summed E-state index contributed by atoms with van der Waals surface area (Å²) in [5.41, 5.74) is 9.34. The van der Waals surface area contributed by atoms with Gasteiger partial charge >= 0.3 is 0 Å². The summed E-state index contributed by atoms with van der Waals surface area (Å²) in [6, 6.07) is 7.80. The van der Waals surface area contributed by atoms with Gasteiger partial charge in [0.15, 0.2) is 0 Å². The lowest BCUT2D eigenvalue weighted by molar-refractivity contribution is 1.28. The number of nitrogens with two attached hydrogens (primary N) is 1. The van der Waals surface area contributed by atoms with E-state index in [4.69, 9.17) is 11.0 Å². The van der Waals surface area contributed by atoms with Crippen molar-refractivity contribution in [3.63, 3.8) is 0 Å². The Morgan fingerprint density at radius 3 is 3.00 bits per heavy atom. The fourth-order valence-electron chi connectivity index (χ4n) is 1.50. The largest absolute Gasteiger partial charge is 0.398 e. The minimum absolute atomic E-state index is 0.740. The van der Waals surface area contributed by atoms with E-state index in [-0.39, 0.29) is 0 Å². The third-order valence-electron chi connectivity index (χ3n) is 2.13. The average molecular weight is 156 g/mol. The molecule has 12 heavy (non-hydrogen) atoms. The van der Waals surface area contributed by atoms with Gasteiger partial charge in [0, 0.05) is 11.3 Å². The van der Waals surface area contributed by atoms with E-state index in [2.05, 4.69) is 6.07 Å². The van der Waals surface area contributed by atoms with Gasteiger partial charge in [0.05, 0.1) is 11.6 Å². The van der Waals surface area contributed by atoms with Crippen LogP contribution in [0.5, 0.6) is 0 Å². The zero-order valence-corrected chi connectivity index (χ0v) is 6.54. The summed E-state index contributed by atoms with van der Waals surface area (Å²) in [5, 5.41) is 8.77. The Morgan fingerprint density at radius 1 is 1.42 bits per heavy atom. The van der Waals surface area contributed by atoms with Gasteiger partial charge in [0.25, 0.3) is 0 Å². The van der Waals surface area contributed by atoms with Gasteiger partial charge in [0.1, 0.15) is 0 Å². The van der Waals surface area contributed by atoms with Crippen LogP contribution in [0.1, 0.15) is 16.7 Å². The molecule has 0 heterocycles. The van der Waals surface area contributed by atoms with Crippen LogP contribution in [0.4, 0.5) is 0 Å². The number of allylic oxidation sites excluding steroid dienone is 1. The number of rotatable bonds is 0. The van der Waals surface area contributed by atoms with Crippen LogP contribution in [0.2, 0.25) is 0 Å². The molecule has 2 rings (SSSR count). The molecule has 0 fully saturated rings. The van der Waals surface area contributed by atoms with Crippen molar-refractivity contribution in [1.82, 2.24) is 0 Å². The van der Waals surface area contributed by atoms with E-state index in [0.29, 0.717) is 0 Å². The Bertz CT molecular complexity index is 397. The standard InChI is InChI=1S/C10H8N2/c11-6-7-2-1-3-9-8(7)4-5-10(9)12/h1-3,5H,4,12H2. The fraction of sp³-hybridized carbons (Fsp3) is 0.100.